The fourth-order valence-electron chi connectivity index (χ4n) is 2.83. The average Bonchev–Trinajstić information content (AvgIpc) is 2.83. The predicted molar refractivity (Wildman–Crippen MR) is 79.0 cm³/mol. The molecule has 2 unspecified atom stereocenters. The average molecular weight is 264 g/mol. The van der Waals surface area contributed by atoms with Crippen molar-refractivity contribution in [2.24, 2.45) is 5.92 Å². The minimum atomic E-state index is 0.667. The Morgan fingerprint density at radius 1 is 1.32 bits per heavy atom. The van der Waals surface area contributed by atoms with E-state index in [-0.39, 0.29) is 0 Å². The van der Waals surface area contributed by atoms with Crippen molar-refractivity contribution in [1.82, 2.24) is 10.2 Å². The van der Waals surface area contributed by atoms with E-state index in [1.807, 2.05) is 0 Å². The third-order valence-electron chi connectivity index (χ3n) is 4.31. The van der Waals surface area contributed by atoms with E-state index in [0.717, 1.165) is 43.5 Å². The molecule has 1 fully saturated rings. The molecular weight excluding hydrogens is 236 g/mol. The molecule has 2 rings (SSSR count). The smallest absolute Gasteiger partial charge is 0.118 e. The molecule has 1 aromatic heterocycles. The lowest BCUT2D eigenvalue weighted by Crippen LogP contribution is -2.41. The number of hydrogen-bond donors (Lipinski definition) is 1. The molecular formula is C16H28N2O. The molecule has 3 nitrogen and oxygen atoms in total. The summed E-state index contributed by atoms with van der Waals surface area (Å²) in [5, 5.41) is 3.38. The van der Waals surface area contributed by atoms with E-state index in [4.69, 9.17) is 4.42 Å². The van der Waals surface area contributed by atoms with Crippen LogP contribution >= 0.6 is 0 Å². The molecule has 2 atom stereocenters. The van der Waals surface area contributed by atoms with Gasteiger partial charge >= 0.3 is 0 Å². The molecule has 1 aliphatic heterocycles. The zero-order chi connectivity index (χ0) is 13.7. The Morgan fingerprint density at radius 2 is 2.11 bits per heavy atom. The molecule has 108 valence electrons. The van der Waals surface area contributed by atoms with Gasteiger partial charge in [0.25, 0.3) is 0 Å². The fourth-order valence-corrected chi connectivity index (χ4v) is 2.83. The fraction of sp³-hybridized carbons (Fsp3) is 0.750. The van der Waals surface area contributed by atoms with E-state index >= 15 is 0 Å². The predicted octanol–water partition coefficient (Wildman–Crippen LogP) is 3.40. The van der Waals surface area contributed by atoms with Crippen molar-refractivity contribution in [2.45, 2.75) is 59.2 Å². The molecule has 0 radical (unpaired) electrons. The standard InChI is InChI=1S/C16H28N2O/c1-4-9-17-11-15-7-8-16(19-15)12-18-10-5-6-13(2)14(18)3/h7-8,13-14,17H,4-6,9-12H2,1-3H3. The lowest BCUT2D eigenvalue weighted by atomic mass is 9.92. The Hall–Kier alpha value is -0.800. The highest BCUT2D eigenvalue weighted by Gasteiger charge is 2.25. The monoisotopic (exact) mass is 264 g/mol. The topological polar surface area (TPSA) is 28.4 Å². The number of rotatable bonds is 6. The van der Waals surface area contributed by atoms with Gasteiger partial charge in [-0.05, 0) is 57.3 Å². The van der Waals surface area contributed by atoms with Gasteiger partial charge in [0.2, 0.25) is 0 Å². The van der Waals surface area contributed by atoms with Gasteiger partial charge in [-0.3, -0.25) is 4.90 Å². The van der Waals surface area contributed by atoms with E-state index in [1.54, 1.807) is 0 Å². The summed E-state index contributed by atoms with van der Waals surface area (Å²) >= 11 is 0. The van der Waals surface area contributed by atoms with Crippen LogP contribution in [-0.2, 0) is 13.1 Å². The first-order valence-corrected chi connectivity index (χ1v) is 7.73. The molecule has 19 heavy (non-hydrogen) atoms. The number of piperidine rings is 1. The van der Waals surface area contributed by atoms with Crippen LogP contribution in [0.5, 0.6) is 0 Å². The van der Waals surface area contributed by atoms with Crippen LogP contribution in [0.3, 0.4) is 0 Å². The second-order valence-electron chi connectivity index (χ2n) is 5.88. The third-order valence-corrected chi connectivity index (χ3v) is 4.31. The highest BCUT2D eigenvalue weighted by molar-refractivity contribution is 5.07. The zero-order valence-electron chi connectivity index (χ0n) is 12.6. The van der Waals surface area contributed by atoms with Crippen LogP contribution in [0.15, 0.2) is 16.5 Å². The molecule has 1 aromatic rings. The van der Waals surface area contributed by atoms with Crippen molar-refractivity contribution < 1.29 is 4.42 Å². The zero-order valence-corrected chi connectivity index (χ0v) is 12.6. The summed E-state index contributed by atoms with van der Waals surface area (Å²) in [6, 6.07) is 4.91. The number of furan rings is 1. The highest BCUT2D eigenvalue weighted by atomic mass is 16.3. The molecule has 2 heterocycles. The summed E-state index contributed by atoms with van der Waals surface area (Å²) < 4.78 is 5.91. The maximum Gasteiger partial charge on any atom is 0.118 e. The van der Waals surface area contributed by atoms with Crippen LogP contribution in [0.2, 0.25) is 0 Å². The first-order chi connectivity index (χ1) is 9.20. The van der Waals surface area contributed by atoms with Gasteiger partial charge in [0.05, 0.1) is 13.1 Å². The molecule has 1 aliphatic rings. The van der Waals surface area contributed by atoms with Crippen LogP contribution in [0.1, 0.15) is 51.6 Å². The normalized spacial score (nSPS) is 24.8. The van der Waals surface area contributed by atoms with Gasteiger partial charge in [-0.25, -0.2) is 0 Å². The molecule has 3 heteroatoms. The maximum atomic E-state index is 5.91. The number of hydrogen-bond acceptors (Lipinski definition) is 3. The molecule has 1 N–H and O–H groups in total. The molecule has 0 aromatic carbocycles. The molecule has 0 saturated carbocycles. The Balaban J connectivity index is 1.85. The van der Waals surface area contributed by atoms with Crippen LogP contribution in [0.25, 0.3) is 0 Å². The second kappa shape index (κ2) is 7.11. The minimum absolute atomic E-state index is 0.667. The summed E-state index contributed by atoms with van der Waals surface area (Å²) in [4.78, 5) is 2.55. The Morgan fingerprint density at radius 3 is 2.89 bits per heavy atom. The van der Waals surface area contributed by atoms with Gasteiger partial charge in [0.1, 0.15) is 11.5 Å². The molecule has 1 saturated heterocycles. The lowest BCUT2D eigenvalue weighted by Gasteiger charge is -2.37. The SMILES string of the molecule is CCCNCc1ccc(CN2CCCC(C)C2C)o1. The minimum Gasteiger partial charge on any atom is -0.463 e. The summed E-state index contributed by atoms with van der Waals surface area (Å²) in [5.41, 5.74) is 0. The maximum absolute atomic E-state index is 5.91. The van der Waals surface area contributed by atoms with E-state index < -0.39 is 0 Å². The van der Waals surface area contributed by atoms with Crippen molar-refractivity contribution in [2.75, 3.05) is 13.1 Å². The molecule has 0 bridgehead atoms. The van der Waals surface area contributed by atoms with E-state index in [1.165, 1.54) is 19.4 Å². The van der Waals surface area contributed by atoms with Gasteiger partial charge in [-0.15, -0.1) is 0 Å². The van der Waals surface area contributed by atoms with Crippen LogP contribution in [0, 0.1) is 5.92 Å². The number of nitrogens with one attached hydrogen (secondary N) is 1. The van der Waals surface area contributed by atoms with E-state index in [9.17, 15) is 0 Å². The largest absolute Gasteiger partial charge is 0.463 e. The van der Waals surface area contributed by atoms with Crippen LogP contribution in [0.4, 0.5) is 0 Å². The number of likely N-dealkylation sites (tertiary alicyclic amines) is 1. The van der Waals surface area contributed by atoms with Crippen molar-refractivity contribution in [3.05, 3.63) is 23.7 Å². The highest BCUT2D eigenvalue weighted by Crippen LogP contribution is 2.24. The molecule has 0 amide bonds. The summed E-state index contributed by atoms with van der Waals surface area (Å²) in [6.07, 6.45) is 3.84. The third kappa shape index (κ3) is 4.08. The number of nitrogens with zero attached hydrogens (tertiary/aromatic N) is 1. The Labute approximate surface area is 117 Å². The Bertz CT molecular complexity index is 375. The molecule has 0 aliphatic carbocycles. The van der Waals surface area contributed by atoms with Crippen molar-refractivity contribution in [3.63, 3.8) is 0 Å². The van der Waals surface area contributed by atoms with Gasteiger partial charge in [0, 0.05) is 6.04 Å². The second-order valence-corrected chi connectivity index (χ2v) is 5.88. The van der Waals surface area contributed by atoms with Crippen molar-refractivity contribution in [3.8, 4) is 0 Å². The van der Waals surface area contributed by atoms with Crippen molar-refractivity contribution in [1.29, 1.82) is 0 Å². The van der Waals surface area contributed by atoms with Gasteiger partial charge in [-0.2, -0.15) is 0 Å². The van der Waals surface area contributed by atoms with Crippen LogP contribution in [-0.4, -0.2) is 24.0 Å². The van der Waals surface area contributed by atoms with Gasteiger partial charge < -0.3 is 9.73 Å². The summed E-state index contributed by atoms with van der Waals surface area (Å²) in [6.45, 7) is 10.9. The van der Waals surface area contributed by atoms with Crippen molar-refractivity contribution >= 4 is 0 Å². The first kappa shape index (κ1) is 14.6. The Kier molecular flexibility index (Phi) is 5.46. The summed E-state index contributed by atoms with van der Waals surface area (Å²) in [7, 11) is 0. The van der Waals surface area contributed by atoms with Crippen LogP contribution < -0.4 is 5.32 Å². The molecule has 0 spiro atoms. The quantitative estimate of drug-likeness (QED) is 0.798. The van der Waals surface area contributed by atoms with Gasteiger partial charge in [-0.1, -0.05) is 13.8 Å². The lowest BCUT2D eigenvalue weighted by molar-refractivity contribution is 0.0981. The first-order valence-electron chi connectivity index (χ1n) is 7.73. The van der Waals surface area contributed by atoms with E-state index in [2.05, 4.69) is 43.1 Å². The van der Waals surface area contributed by atoms with E-state index in [0.29, 0.717) is 6.04 Å². The van der Waals surface area contributed by atoms with Gasteiger partial charge in [0.15, 0.2) is 0 Å². The summed E-state index contributed by atoms with van der Waals surface area (Å²) in [5.74, 6) is 2.96.